The van der Waals surface area contributed by atoms with Crippen LogP contribution in [0.1, 0.15) is 25.7 Å². The largest absolute Gasteiger partial charge is 0.356 e. The van der Waals surface area contributed by atoms with Gasteiger partial charge in [-0.15, -0.1) is 0 Å². The molecule has 2 N–H and O–H groups in total. The van der Waals surface area contributed by atoms with E-state index in [1.807, 2.05) is 0 Å². The molecular weight excluding hydrogens is 260 g/mol. The summed E-state index contributed by atoms with van der Waals surface area (Å²) < 4.78 is 0. The molecule has 0 saturated heterocycles. The van der Waals surface area contributed by atoms with Crippen LogP contribution in [0.25, 0.3) is 0 Å². The van der Waals surface area contributed by atoms with Gasteiger partial charge in [-0.3, -0.25) is 4.79 Å². The molecule has 5 nitrogen and oxygen atoms in total. The van der Waals surface area contributed by atoms with Crippen molar-refractivity contribution < 1.29 is 4.79 Å². The molecule has 0 atom stereocenters. The molecule has 1 aliphatic rings. The summed E-state index contributed by atoms with van der Waals surface area (Å²) in [6.45, 7) is 1.07. The minimum Gasteiger partial charge on any atom is -0.356 e. The van der Waals surface area contributed by atoms with Gasteiger partial charge in [0.1, 0.15) is 6.54 Å². The van der Waals surface area contributed by atoms with Crippen molar-refractivity contribution in [3.05, 3.63) is 0 Å². The van der Waals surface area contributed by atoms with E-state index in [0.717, 1.165) is 18.3 Å². The van der Waals surface area contributed by atoms with E-state index in [0.29, 0.717) is 6.04 Å². The number of hydrogen-bond acceptors (Lipinski definition) is 3. The van der Waals surface area contributed by atoms with Crippen LogP contribution in [0.4, 0.5) is 0 Å². The van der Waals surface area contributed by atoms with Gasteiger partial charge in [0.2, 0.25) is 5.91 Å². The average Bonchev–Trinajstić information content (AvgIpc) is 2.88. The van der Waals surface area contributed by atoms with E-state index in [1.165, 1.54) is 25.7 Å². The van der Waals surface area contributed by atoms with Crippen molar-refractivity contribution in [1.29, 1.82) is 0 Å². The lowest BCUT2D eigenvalue weighted by molar-refractivity contribution is -0.127. The second-order valence-corrected chi connectivity index (χ2v) is 5.98. The first kappa shape index (κ1) is 16.1. The summed E-state index contributed by atoms with van der Waals surface area (Å²) in [5.74, 6) is 1.83. The molecule has 0 aromatic heterocycles. The number of thioether (sulfide) groups is 1. The van der Waals surface area contributed by atoms with Crippen molar-refractivity contribution in [1.82, 2.24) is 15.5 Å². The van der Waals surface area contributed by atoms with Gasteiger partial charge in [0.25, 0.3) is 0 Å². The molecule has 1 rings (SSSR count). The maximum atomic E-state index is 11.6. The van der Waals surface area contributed by atoms with Crippen molar-refractivity contribution in [2.75, 3.05) is 39.2 Å². The summed E-state index contributed by atoms with van der Waals surface area (Å²) in [5.41, 5.74) is 0. The summed E-state index contributed by atoms with van der Waals surface area (Å²) >= 11 is 1.80. The first-order valence-corrected chi connectivity index (χ1v) is 8.27. The quantitative estimate of drug-likeness (QED) is 0.433. The van der Waals surface area contributed by atoms with E-state index in [9.17, 15) is 4.79 Å². The summed E-state index contributed by atoms with van der Waals surface area (Å²) in [7, 11) is 3.51. The van der Waals surface area contributed by atoms with Crippen LogP contribution in [0.3, 0.4) is 0 Å². The Morgan fingerprint density at radius 2 is 2.05 bits per heavy atom. The molecular formula is C13H26N4OS. The van der Waals surface area contributed by atoms with Gasteiger partial charge in [0.05, 0.1) is 0 Å². The summed E-state index contributed by atoms with van der Waals surface area (Å²) in [5, 5.41) is 6.72. The van der Waals surface area contributed by atoms with Gasteiger partial charge < -0.3 is 15.5 Å². The zero-order valence-electron chi connectivity index (χ0n) is 12.2. The highest BCUT2D eigenvalue weighted by Gasteiger charge is 2.16. The topological polar surface area (TPSA) is 56.7 Å². The highest BCUT2D eigenvalue weighted by Crippen LogP contribution is 2.17. The molecule has 1 fully saturated rings. The highest BCUT2D eigenvalue weighted by atomic mass is 32.2. The third kappa shape index (κ3) is 6.71. The minimum absolute atomic E-state index is 0.0254. The predicted molar refractivity (Wildman–Crippen MR) is 82.8 cm³/mol. The zero-order valence-corrected chi connectivity index (χ0v) is 13.1. The van der Waals surface area contributed by atoms with E-state index in [1.54, 1.807) is 30.8 Å². The first-order valence-electron chi connectivity index (χ1n) is 6.87. The lowest BCUT2D eigenvalue weighted by Crippen LogP contribution is -2.43. The number of rotatable bonds is 6. The van der Waals surface area contributed by atoms with Crippen molar-refractivity contribution in [2.24, 2.45) is 4.99 Å². The number of nitrogens with zero attached hydrogens (tertiary/aromatic N) is 2. The van der Waals surface area contributed by atoms with Gasteiger partial charge in [-0.1, -0.05) is 12.8 Å². The molecule has 0 unspecified atom stereocenters. The number of carbonyl (C=O) groups excluding carboxylic acids is 1. The molecule has 0 aromatic carbocycles. The smallest absolute Gasteiger partial charge is 0.243 e. The molecule has 0 aliphatic heterocycles. The van der Waals surface area contributed by atoms with Crippen LogP contribution in [-0.2, 0) is 4.79 Å². The number of hydrogen-bond donors (Lipinski definition) is 2. The number of nitrogens with one attached hydrogen (secondary N) is 2. The van der Waals surface area contributed by atoms with Crippen LogP contribution >= 0.6 is 11.8 Å². The maximum Gasteiger partial charge on any atom is 0.243 e. The fourth-order valence-corrected chi connectivity index (χ4v) is 2.28. The van der Waals surface area contributed by atoms with Gasteiger partial charge in [-0.05, 0) is 19.1 Å². The monoisotopic (exact) mass is 286 g/mol. The predicted octanol–water partition coefficient (Wildman–Crippen LogP) is 0.915. The lowest BCUT2D eigenvalue weighted by Gasteiger charge is -2.17. The Morgan fingerprint density at radius 3 is 2.63 bits per heavy atom. The standard InChI is InChI=1S/C13H26N4OS/c1-17(2)12(18)10-15-13(14-8-9-19-3)16-11-6-4-5-7-11/h11H,4-10H2,1-3H3,(H2,14,15,16). The third-order valence-electron chi connectivity index (χ3n) is 3.17. The van der Waals surface area contributed by atoms with Crippen molar-refractivity contribution in [2.45, 2.75) is 31.7 Å². The van der Waals surface area contributed by atoms with Crippen molar-refractivity contribution >= 4 is 23.6 Å². The molecule has 6 heteroatoms. The number of guanidine groups is 1. The molecule has 0 radical (unpaired) electrons. The molecule has 1 saturated carbocycles. The number of likely N-dealkylation sites (N-methyl/N-ethyl adjacent to an activating group) is 1. The average molecular weight is 286 g/mol. The Morgan fingerprint density at radius 1 is 1.37 bits per heavy atom. The van der Waals surface area contributed by atoms with E-state index < -0.39 is 0 Å². The summed E-state index contributed by atoms with van der Waals surface area (Å²) in [6, 6.07) is 0.509. The van der Waals surface area contributed by atoms with Crippen LogP contribution in [0.5, 0.6) is 0 Å². The van der Waals surface area contributed by atoms with E-state index in [-0.39, 0.29) is 12.5 Å². The van der Waals surface area contributed by atoms with E-state index in [4.69, 9.17) is 0 Å². The van der Waals surface area contributed by atoms with E-state index in [2.05, 4.69) is 21.9 Å². The summed E-state index contributed by atoms with van der Waals surface area (Å²) in [4.78, 5) is 17.5. The van der Waals surface area contributed by atoms with Gasteiger partial charge >= 0.3 is 0 Å². The van der Waals surface area contributed by atoms with Gasteiger partial charge in [0.15, 0.2) is 5.96 Å². The van der Waals surface area contributed by atoms with Crippen LogP contribution in [0.15, 0.2) is 4.99 Å². The molecule has 1 amide bonds. The Bertz CT molecular complexity index is 301. The van der Waals surface area contributed by atoms with Crippen molar-refractivity contribution in [3.63, 3.8) is 0 Å². The SMILES string of the molecule is CSCCNC(=NCC(=O)N(C)C)NC1CCCC1. The van der Waals surface area contributed by atoms with Crippen LogP contribution in [0.2, 0.25) is 0 Å². The number of aliphatic imine (C=N–C) groups is 1. The molecule has 0 heterocycles. The highest BCUT2D eigenvalue weighted by molar-refractivity contribution is 7.98. The first-order chi connectivity index (χ1) is 9.13. The molecule has 1 aliphatic carbocycles. The molecule has 0 bridgehead atoms. The van der Waals surface area contributed by atoms with Gasteiger partial charge in [0, 0.05) is 32.4 Å². The third-order valence-corrected chi connectivity index (χ3v) is 3.78. The Balaban J connectivity index is 2.46. The molecule has 110 valence electrons. The number of carbonyl (C=O) groups is 1. The Hall–Kier alpha value is -0.910. The fourth-order valence-electron chi connectivity index (χ4n) is 1.98. The lowest BCUT2D eigenvalue weighted by atomic mass is 10.2. The Labute approximate surface area is 120 Å². The second kappa shape index (κ2) is 9.07. The molecule has 19 heavy (non-hydrogen) atoms. The van der Waals surface area contributed by atoms with Crippen molar-refractivity contribution in [3.8, 4) is 0 Å². The van der Waals surface area contributed by atoms with Crippen LogP contribution < -0.4 is 10.6 Å². The summed E-state index contributed by atoms with van der Waals surface area (Å²) in [6.07, 6.45) is 7.05. The zero-order chi connectivity index (χ0) is 14.1. The molecule has 0 spiro atoms. The minimum atomic E-state index is 0.0254. The molecule has 0 aromatic rings. The van der Waals surface area contributed by atoms with E-state index >= 15 is 0 Å². The maximum absolute atomic E-state index is 11.6. The normalized spacial score (nSPS) is 16.5. The second-order valence-electron chi connectivity index (χ2n) is 5.00. The van der Waals surface area contributed by atoms with Crippen LogP contribution in [0, 0.1) is 0 Å². The van der Waals surface area contributed by atoms with Gasteiger partial charge in [-0.25, -0.2) is 4.99 Å². The van der Waals surface area contributed by atoms with Gasteiger partial charge in [-0.2, -0.15) is 11.8 Å². The fraction of sp³-hybridized carbons (Fsp3) is 0.846. The van der Waals surface area contributed by atoms with Crippen LogP contribution in [-0.4, -0.2) is 62.0 Å². The Kier molecular flexibility index (Phi) is 7.70. The number of amides is 1.